The first-order valence-electron chi connectivity index (χ1n) is 13.4. The van der Waals surface area contributed by atoms with Crippen molar-refractivity contribution in [2.24, 2.45) is 0 Å². The van der Waals surface area contributed by atoms with Crippen molar-refractivity contribution in [3.63, 3.8) is 0 Å². The topological polar surface area (TPSA) is 165 Å². The molecule has 0 saturated carbocycles. The maximum atomic E-state index is 11.5. The van der Waals surface area contributed by atoms with Crippen LogP contribution < -0.4 is 26.6 Å². The summed E-state index contributed by atoms with van der Waals surface area (Å²) < 4.78 is 21.0. The summed E-state index contributed by atoms with van der Waals surface area (Å²) in [6.07, 6.45) is 3.29. The van der Waals surface area contributed by atoms with E-state index >= 15 is 0 Å². The second-order valence-electron chi connectivity index (χ2n) is 8.01. The van der Waals surface area contributed by atoms with E-state index in [0.717, 1.165) is 25.9 Å². The monoisotopic (exact) mass is 549 g/mol. The molecule has 0 spiro atoms. The molecule has 0 atom stereocenters. The van der Waals surface area contributed by atoms with Crippen LogP contribution in [0.15, 0.2) is 0 Å². The van der Waals surface area contributed by atoms with E-state index in [-0.39, 0.29) is 36.8 Å². The van der Waals surface area contributed by atoms with Crippen molar-refractivity contribution in [1.82, 2.24) is 26.6 Å². The number of likely N-dealkylation sites (N-methyl/N-ethyl adjacent to an activating group) is 1. The van der Waals surface area contributed by atoms with Gasteiger partial charge in [-0.3, -0.25) is 19.2 Å². The lowest BCUT2D eigenvalue weighted by atomic mass is 10.2. The lowest BCUT2D eigenvalue weighted by molar-refractivity contribution is -0.131. The highest BCUT2D eigenvalue weighted by Crippen LogP contribution is 1.94. The number of rotatable bonds is 24. The highest BCUT2D eigenvalue weighted by molar-refractivity contribution is 5.79. The van der Waals surface area contributed by atoms with Crippen LogP contribution in [0.2, 0.25) is 0 Å². The van der Waals surface area contributed by atoms with Gasteiger partial charge in [0, 0.05) is 46.1 Å². The van der Waals surface area contributed by atoms with Crippen molar-refractivity contribution in [3.8, 4) is 0 Å². The van der Waals surface area contributed by atoms with Gasteiger partial charge in [0.05, 0.1) is 39.6 Å². The Bertz CT molecular complexity index is 596. The van der Waals surface area contributed by atoms with Crippen LogP contribution in [-0.2, 0) is 38.1 Å². The van der Waals surface area contributed by atoms with Gasteiger partial charge in [0.2, 0.25) is 23.6 Å². The normalized spacial score (nSPS) is 10.2. The zero-order valence-electron chi connectivity index (χ0n) is 23.8. The van der Waals surface area contributed by atoms with E-state index in [9.17, 15) is 19.2 Å². The molecule has 4 amide bonds. The fourth-order valence-corrected chi connectivity index (χ4v) is 2.47. The minimum Gasteiger partial charge on any atom is -0.378 e. The Hall–Kier alpha value is -2.32. The van der Waals surface area contributed by atoms with Gasteiger partial charge >= 0.3 is 0 Å². The number of amides is 4. The van der Waals surface area contributed by atoms with Gasteiger partial charge in [-0.2, -0.15) is 0 Å². The number of nitrogens with one attached hydrogen (secondary N) is 5. The van der Waals surface area contributed by atoms with E-state index in [1.165, 1.54) is 0 Å². The number of hydrogen-bond donors (Lipinski definition) is 5. The van der Waals surface area contributed by atoms with Crippen LogP contribution in [0.25, 0.3) is 0 Å². The van der Waals surface area contributed by atoms with E-state index in [1.54, 1.807) is 7.05 Å². The van der Waals surface area contributed by atoms with Crippen molar-refractivity contribution >= 4 is 23.6 Å². The predicted molar refractivity (Wildman–Crippen MR) is 145 cm³/mol. The predicted octanol–water partition coefficient (Wildman–Crippen LogP) is -0.656. The lowest BCUT2D eigenvalue weighted by Gasteiger charge is -2.08. The molecule has 13 heteroatoms. The van der Waals surface area contributed by atoms with Gasteiger partial charge in [0.15, 0.2) is 0 Å². The number of ether oxygens (including phenoxy) is 4. The summed E-state index contributed by atoms with van der Waals surface area (Å²) in [5.74, 6) is -0.471. The molecule has 13 nitrogen and oxygen atoms in total. The molecule has 0 radical (unpaired) electrons. The molecular weight excluding hydrogens is 498 g/mol. The third-order valence-electron chi connectivity index (χ3n) is 4.51. The van der Waals surface area contributed by atoms with Crippen LogP contribution in [-0.4, -0.2) is 117 Å². The van der Waals surface area contributed by atoms with Crippen LogP contribution >= 0.6 is 0 Å². The van der Waals surface area contributed by atoms with Crippen LogP contribution in [0, 0.1) is 0 Å². The van der Waals surface area contributed by atoms with Crippen molar-refractivity contribution in [2.75, 3.05) is 93.1 Å². The second-order valence-corrected chi connectivity index (χ2v) is 8.01. The Morgan fingerprint density at radius 2 is 0.974 bits per heavy atom. The molecule has 0 rings (SSSR count). The first-order chi connectivity index (χ1) is 18.4. The minimum absolute atomic E-state index is 0.0108. The molecule has 224 valence electrons. The van der Waals surface area contributed by atoms with Gasteiger partial charge in [-0.15, -0.1) is 0 Å². The fourth-order valence-electron chi connectivity index (χ4n) is 2.47. The Labute approximate surface area is 227 Å². The molecule has 0 heterocycles. The standard InChI is InChI=1S/C16H33N3O6.C9H18N2O2/c1-3-4-18-15(20)13-25-14-16(21)19-6-8-23-10-12-24-11-9-22-7-5-17-2;1-3-7-11-9(13)6-4-5-8(12)10-2/h17H,3-14H2,1-2H3,(H,18,20)(H,19,21);3-7H2,1-2H3,(H,10,12)(H,11,13). The van der Waals surface area contributed by atoms with Crippen molar-refractivity contribution in [3.05, 3.63) is 0 Å². The zero-order chi connectivity index (χ0) is 28.7. The van der Waals surface area contributed by atoms with E-state index in [1.807, 2.05) is 20.9 Å². The molecule has 0 unspecified atom stereocenters. The number of hydrogen-bond acceptors (Lipinski definition) is 9. The summed E-state index contributed by atoms with van der Waals surface area (Å²) in [5, 5.41) is 13.6. The van der Waals surface area contributed by atoms with Gasteiger partial charge in [0.25, 0.3) is 0 Å². The smallest absolute Gasteiger partial charge is 0.246 e. The highest BCUT2D eigenvalue weighted by Gasteiger charge is 2.04. The molecular formula is C25H51N5O8. The molecule has 0 saturated heterocycles. The molecule has 0 aliphatic rings. The van der Waals surface area contributed by atoms with Crippen LogP contribution in [0.4, 0.5) is 0 Å². The summed E-state index contributed by atoms with van der Waals surface area (Å²) >= 11 is 0. The molecule has 0 aromatic carbocycles. The highest BCUT2D eigenvalue weighted by atomic mass is 16.5. The zero-order valence-corrected chi connectivity index (χ0v) is 23.8. The Kier molecular flexibility index (Phi) is 30.8. The fraction of sp³-hybridized carbons (Fsp3) is 0.840. The quantitative estimate of drug-likeness (QED) is 0.0983. The van der Waals surface area contributed by atoms with Crippen molar-refractivity contribution in [2.45, 2.75) is 46.0 Å². The summed E-state index contributed by atoms with van der Waals surface area (Å²) in [4.78, 5) is 44.5. The molecule has 38 heavy (non-hydrogen) atoms. The lowest BCUT2D eigenvalue weighted by Crippen LogP contribution is -2.33. The summed E-state index contributed by atoms with van der Waals surface area (Å²) in [7, 11) is 3.47. The van der Waals surface area contributed by atoms with Gasteiger partial charge in [-0.05, 0) is 26.3 Å². The maximum Gasteiger partial charge on any atom is 0.246 e. The van der Waals surface area contributed by atoms with Crippen LogP contribution in [0.3, 0.4) is 0 Å². The van der Waals surface area contributed by atoms with E-state index in [0.29, 0.717) is 72.0 Å². The Morgan fingerprint density at radius 3 is 1.47 bits per heavy atom. The molecule has 0 bridgehead atoms. The number of carbonyl (C=O) groups is 4. The largest absolute Gasteiger partial charge is 0.378 e. The Balaban J connectivity index is 0. The molecule has 5 N–H and O–H groups in total. The third kappa shape index (κ3) is 31.7. The van der Waals surface area contributed by atoms with E-state index in [4.69, 9.17) is 18.9 Å². The second kappa shape index (κ2) is 30.9. The summed E-state index contributed by atoms with van der Waals surface area (Å²) in [6, 6.07) is 0. The first kappa shape index (κ1) is 37.8. The van der Waals surface area contributed by atoms with Gasteiger partial charge < -0.3 is 45.5 Å². The van der Waals surface area contributed by atoms with E-state index < -0.39 is 0 Å². The number of carbonyl (C=O) groups excluding carboxylic acids is 4. The SMILES string of the molecule is CCCNC(=O)CCCC(=O)NC.CCCNC(=O)COCC(=O)NCCOCCOCCOCCNC. The van der Waals surface area contributed by atoms with Gasteiger partial charge in [-0.1, -0.05) is 13.8 Å². The third-order valence-corrected chi connectivity index (χ3v) is 4.51. The average Bonchev–Trinajstić information content (AvgIpc) is 2.91. The Morgan fingerprint density at radius 1 is 0.526 bits per heavy atom. The van der Waals surface area contributed by atoms with Gasteiger partial charge in [0.1, 0.15) is 13.2 Å². The molecule has 0 fully saturated rings. The molecule has 0 aromatic heterocycles. The summed E-state index contributed by atoms with van der Waals surface area (Å²) in [6.45, 7) is 9.36. The van der Waals surface area contributed by atoms with Crippen molar-refractivity contribution in [1.29, 1.82) is 0 Å². The van der Waals surface area contributed by atoms with Crippen LogP contribution in [0.1, 0.15) is 46.0 Å². The van der Waals surface area contributed by atoms with Crippen molar-refractivity contribution < 1.29 is 38.1 Å². The average molecular weight is 550 g/mol. The molecule has 0 aliphatic heterocycles. The van der Waals surface area contributed by atoms with Gasteiger partial charge in [-0.25, -0.2) is 0 Å². The maximum absolute atomic E-state index is 11.5. The van der Waals surface area contributed by atoms with E-state index in [2.05, 4.69) is 26.6 Å². The minimum atomic E-state index is -0.276. The first-order valence-corrected chi connectivity index (χ1v) is 13.4. The molecule has 0 aliphatic carbocycles. The molecule has 0 aromatic rings. The summed E-state index contributed by atoms with van der Waals surface area (Å²) in [5.41, 5.74) is 0. The van der Waals surface area contributed by atoms with Crippen LogP contribution in [0.5, 0.6) is 0 Å².